The van der Waals surface area contributed by atoms with Crippen LogP contribution >= 0.6 is 23.1 Å². The first kappa shape index (κ1) is 22.6. The molecule has 0 amide bonds. The minimum Gasteiger partial charge on any atom is -0.370 e. The van der Waals surface area contributed by atoms with Gasteiger partial charge in [-0.05, 0) is 50.5 Å². The van der Waals surface area contributed by atoms with Crippen molar-refractivity contribution < 1.29 is 4.74 Å². The normalized spacial score (nSPS) is 15.4. The highest BCUT2D eigenvalue weighted by atomic mass is 32.2. The van der Waals surface area contributed by atoms with Crippen molar-refractivity contribution in [2.24, 2.45) is 0 Å². The van der Waals surface area contributed by atoms with E-state index in [9.17, 15) is 4.79 Å². The molecule has 1 aliphatic heterocycles. The third kappa shape index (κ3) is 4.91. The van der Waals surface area contributed by atoms with E-state index in [1.807, 2.05) is 16.7 Å². The highest BCUT2D eigenvalue weighted by Gasteiger charge is 2.31. The molecule has 0 fully saturated rings. The van der Waals surface area contributed by atoms with Crippen LogP contribution in [-0.2, 0) is 17.8 Å². The highest BCUT2D eigenvalue weighted by molar-refractivity contribution is 7.99. The van der Waals surface area contributed by atoms with Crippen molar-refractivity contribution in [3.8, 4) is 5.69 Å². The molecule has 0 bridgehead atoms. The van der Waals surface area contributed by atoms with Gasteiger partial charge in [0.1, 0.15) is 4.83 Å². The maximum Gasteiger partial charge on any atom is 0.267 e. The zero-order chi connectivity index (χ0) is 22.0. The van der Waals surface area contributed by atoms with Crippen LogP contribution in [0.2, 0.25) is 0 Å². The first-order valence-electron chi connectivity index (χ1n) is 11.3. The number of hydrogen-bond acceptors (Lipinski definition) is 5. The molecule has 1 aromatic carbocycles. The number of ether oxygens (including phenoxy) is 1. The van der Waals surface area contributed by atoms with E-state index in [2.05, 4.69) is 39.8 Å². The standard InChI is InChI=1S/C25H32N2O2S2/c1-5-6-7-8-9-13-30-24-26-22-21(19-15-25(3,4)29-16-20(19)31-22)23(28)27(24)18-12-10-11-17(2)14-18/h10-12,14H,5-9,13,15-16H2,1-4H3. The van der Waals surface area contributed by atoms with Crippen molar-refractivity contribution in [2.45, 2.75) is 83.6 Å². The van der Waals surface area contributed by atoms with Gasteiger partial charge in [-0.2, -0.15) is 0 Å². The van der Waals surface area contributed by atoms with Gasteiger partial charge in [-0.25, -0.2) is 4.98 Å². The number of aryl methyl sites for hydroxylation is 1. The summed E-state index contributed by atoms with van der Waals surface area (Å²) in [6.45, 7) is 9.05. The molecule has 0 spiro atoms. The number of aromatic nitrogens is 2. The molecular weight excluding hydrogens is 424 g/mol. The van der Waals surface area contributed by atoms with Gasteiger partial charge in [-0.3, -0.25) is 9.36 Å². The minimum absolute atomic E-state index is 0.0549. The second-order valence-corrected chi connectivity index (χ2v) is 11.2. The summed E-state index contributed by atoms with van der Waals surface area (Å²) < 4.78 is 7.84. The number of thiophene rings is 1. The van der Waals surface area contributed by atoms with Crippen LogP contribution in [0.3, 0.4) is 0 Å². The van der Waals surface area contributed by atoms with Crippen LogP contribution < -0.4 is 5.56 Å². The summed E-state index contributed by atoms with van der Waals surface area (Å²) in [5, 5.41) is 1.59. The predicted octanol–water partition coefficient (Wildman–Crippen LogP) is 6.67. The number of hydrogen-bond donors (Lipinski definition) is 0. The summed E-state index contributed by atoms with van der Waals surface area (Å²) >= 11 is 3.33. The monoisotopic (exact) mass is 456 g/mol. The minimum atomic E-state index is -0.256. The summed E-state index contributed by atoms with van der Waals surface area (Å²) in [7, 11) is 0. The van der Waals surface area contributed by atoms with E-state index in [-0.39, 0.29) is 11.2 Å². The molecule has 31 heavy (non-hydrogen) atoms. The largest absolute Gasteiger partial charge is 0.370 e. The third-order valence-corrected chi connectivity index (χ3v) is 7.94. The van der Waals surface area contributed by atoms with Gasteiger partial charge in [0.25, 0.3) is 5.56 Å². The molecule has 0 atom stereocenters. The van der Waals surface area contributed by atoms with Crippen molar-refractivity contribution in [2.75, 3.05) is 5.75 Å². The molecule has 0 N–H and O–H groups in total. The summed E-state index contributed by atoms with van der Waals surface area (Å²) in [4.78, 5) is 20.9. The summed E-state index contributed by atoms with van der Waals surface area (Å²) in [6.07, 6.45) is 6.95. The molecule has 4 nitrogen and oxygen atoms in total. The Morgan fingerprint density at radius 2 is 2.03 bits per heavy atom. The molecule has 3 aromatic rings. The Balaban J connectivity index is 1.77. The lowest BCUT2D eigenvalue weighted by atomic mass is 9.94. The first-order valence-corrected chi connectivity index (χ1v) is 13.1. The van der Waals surface area contributed by atoms with Crippen LogP contribution in [-0.4, -0.2) is 20.9 Å². The number of unbranched alkanes of at least 4 members (excludes halogenated alkanes) is 4. The second kappa shape index (κ2) is 9.47. The van der Waals surface area contributed by atoms with Crippen molar-refractivity contribution >= 4 is 33.3 Å². The van der Waals surface area contributed by atoms with Crippen LogP contribution in [0.15, 0.2) is 34.2 Å². The SMILES string of the molecule is CCCCCCCSc1nc2sc3c(c2c(=O)n1-c1cccc(C)c1)CC(C)(C)OC3. The van der Waals surface area contributed by atoms with E-state index in [4.69, 9.17) is 9.72 Å². The van der Waals surface area contributed by atoms with Gasteiger partial charge in [0.05, 0.1) is 23.3 Å². The van der Waals surface area contributed by atoms with Gasteiger partial charge in [0.15, 0.2) is 5.16 Å². The maximum absolute atomic E-state index is 13.9. The van der Waals surface area contributed by atoms with E-state index in [0.29, 0.717) is 6.61 Å². The molecule has 0 radical (unpaired) electrons. The zero-order valence-corrected chi connectivity index (χ0v) is 20.6. The van der Waals surface area contributed by atoms with Crippen molar-refractivity contribution in [1.82, 2.24) is 9.55 Å². The number of rotatable bonds is 8. The van der Waals surface area contributed by atoms with Crippen LogP contribution in [0.1, 0.15) is 68.9 Å². The Hall–Kier alpha value is -1.63. The van der Waals surface area contributed by atoms with E-state index < -0.39 is 0 Å². The Labute approximate surface area is 193 Å². The second-order valence-electron chi connectivity index (χ2n) is 9.05. The van der Waals surface area contributed by atoms with Crippen LogP contribution in [0.5, 0.6) is 0 Å². The lowest BCUT2D eigenvalue weighted by Gasteiger charge is -2.29. The van der Waals surface area contributed by atoms with Crippen LogP contribution in [0.4, 0.5) is 0 Å². The molecule has 4 rings (SSSR count). The fourth-order valence-electron chi connectivity index (χ4n) is 4.13. The molecule has 0 unspecified atom stereocenters. The van der Waals surface area contributed by atoms with Gasteiger partial charge >= 0.3 is 0 Å². The van der Waals surface area contributed by atoms with Crippen LogP contribution in [0, 0.1) is 6.92 Å². The van der Waals surface area contributed by atoms with Gasteiger partial charge < -0.3 is 4.74 Å². The van der Waals surface area contributed by atoms with Gasteiger partial charge in [-0.15, -0.1) is 11.3 Å². The molecule has 6 heteroatoms. The molecule has 1 aliphatic rings. The van der Waals surface area contributed by atoms with Crippen molar-refractivity contribution in [3.63, 3.8) is 0 Å². The molecule has 3 heterocycles. The topological polar surface area (TPSA) is 44.1 Å². The van der Waals surface area contributed by atoms with E-state index in [0.717, 1.165) is 55.7 Å². The Morgan fingerprint density at radius 1 is 1.23 bits per heavy atom. The Kier molecular flexibility index (Phi) is 6.89. The summed E-state index contributed by atoms with van der Waals surface area (Å²) in [5.41, 5.74) is 2.97. The number of fused-ring (bicyclic) bond motifs is 3. The fourth-order valence-corrected chi connectivity index (χ4v) is 6.29. The van der Waals surface area contributed by atoms with Gasteiger partial charge in [0.2, 0.25) is 0 Å². The van der Waals surface area contributed by atoms with Gasteiger partial charge in [-0.1, -0.05) is 56.5 Å². The summed E-state index contributed by atoms with van der Waals surface area (Å²) in [5.74, 6) is 0.981. The molecule has 166 valence electrons. The van der Waals surface area contributed by atoms with E-state index >= 15 is 0 Å². The van der Waals surface area contributed by atoms with E-state index in [1.54, 1.807) is 23.1 Å². The van der Waals surface area contributed by atoms with Crippen molar-refractivity contribution in [3.05, 3.63) is 50.6 Å². The number of thioether (sulfide) groups is 1. The summed E-state index contributed by atoms with van der Waals surface area (Å²) in [6, 6.07) is 8.17. The smallest absolute Gasteiger partial charge is 0.267 e. The number of nitrogens with zero attached hydrogens (tertiary/aromatic N) is 2. The highest BCUT2D eigenvalue weighted by Crippen LogP contribution is 2.38. The average Bonchev–Trinajstić information content (AvgIpc) is 3.07. The third-order valence-electron chi connectivity index (χ3n) is 5.81. The predicted molar refractivity (Wildman–Crippen MR) is 132 cm³/mol. The fraction of sp³-hybridized carbons (Fsp3) is 0.520. The molecule has 0 aliphatic carbocycles. The Morgan fingerprint density at radius 3 is 2.81 bits per heavy atom. The molecule has 0 saturated carbocycles. The van der Waals surface area contributed by atoms with Crippen LogP contribution in [0.25, 0.3) is 15.9 Å². The van der Waals surface area contributed by atoms with Gasteiger partial charge in [0, 0.05) is 17.1 Å². The number of benzene rings is 1. The quantitative estimate of drug-likeness (QED) is 0.216. The zero-order valence-electron chi connectivity index (χ0n) is 19.0. The van der Waals surface area contributed by atoms with Crippen molar-refractivity contribution in [1.29, 1.82) is 0 Å². The Bertz CT molecular complexity index is 1130. The first-order chi connectivity index (χ1) is 14.9. The molecule has 2 aromatic heterocycles. The molecular formula is C25H32N2O2S2. The van der Waals surface area contributed by atoms with E-state index in [1.165, 1.54) is 25.7 Å². The lowest BCUT2D eigenvalue weighted by Crippen LogP contribution is -2.32. The maximum atomic E-state index is 13.9. The average molecular weight is 457 g/mol. The molecule has 0 saturated heterocycles. The lowest BCUT2D eigenvalue weighted by molar-refractivity contribution is -0.0379.